The number of hydrogen-bond donors (Lipinski definition) is 1. The normalized spacial score (nSPS) is 10.4. The van der Waals surface area contributed by atoms with Crippen molar-refractivity contribution in [3.05, 3.63) is 47.7 Å². The molecule has 2 aromatic rings. The summed E-state index contributed by atoms with van der Waals surface area (Å²) in [5, 5.41) is 3.27. The van der Waals surface area contributed by atoms with Crippen LogP contribution in [0.1, 0.15) is 37.4 Å². The zero-order valence-electron chi connectivity index (χ0n) is 11.6. The van der Waals surface area contributed by atoms with Gasteiger partial charge in [-0.05, 0) is 25.0 Å². The first-order chi connectivity index (χ1) is 9.31. The lowest BCUT2D eigenvalue weighted by molar-refractivity contribution is 0.840. The van der Waals surface area contributed by atoms with Crippen LogP contribution in [0.4, 0.5) is 5.82 Å². The average Bonchev–Trinajstić information content (AvgIpc) is 2.40. The molecule has 19 heavy (non-hydrogen) atoms. The Balaban J connectivity index is 2.23. The molecule has 100 valence electrons. The maximum absolute atomic E-state index is 4.62. The lowest BCUT2D eigenvalue weighted by Gasteiger charge is -2.08. The van der Waals surface area contributed by atoms with Gasteiger partial charge in [0, 0.05) is 37.1 Å². The Morgan fingerprint density at radius 3 is 2.79 bits per heavy atom. The Bertz CT molecular complexity index is 487. The smallest absolute Gasteiger partial charge is 0.135 e. The van der Waals surface area contributed by atoms with Crippen LogP contribution in [0.3, 0.4) is 0 Å². The molecule has 0 fully saturated rings. The fraction of sp³-hybridized carbons (Fsp3) is 0.400. The minimum atomic E-state index is 0.726. The van der Waals surface area contributed by atoms with E-state index in [4.69, 9.17) is 0 Å². The number of nitrogens with one attached hydrogen (secondary N) is 1. The summed E-state index contributed by atoms with van der Waals surface area (Å²) in [7, 11) is 0. The van der Waals surface area contributed by atoms with Gasteiger partial charge >= 0.3 is 0 Å². The number of rotatable bonds is 6. The van der Waals surface area contributed by atoms with Crippen LogP contribution in [-0.2, 0) is 12.8 Å². The van der Waals surface area contributed by atoms with Crippen molar-refractivity contribution in [1.29, 1.82) is 0 Å². The molecule has 4 heteroatoms. The number of pyridine rings is 1. The summed E-state index contributed by atoms with van der Waals surface area (Å²) < 4.78 is 0. The Morgan fingerprint density at radius 1 is 1.21 bits per heavy atom. The van der Waals surface area contributed by atoms with Gasteiger partial charge in [-0.1, -0.05) is 19.4 Å². The van der Waals surface area contributed by atoms with Gasteiger partial charge < -0.3 is 5.32 Å². The maximum atomic E-state index is 4.62. The first kappa shape index (κ1) is 13.5. The van der Waals surface area contributed by atoms with Gasteiger partial charge in [0.1, 0.15) is 11.6 Å². The highest BCUT2D eigenvalue weighted by atomic mass is 15.0. The van der Waals surface area contributed by atoms with Crippen molar-refractivity contribution < 1.29 is 0 Å². The van der Waals surface area contributed by atoms with E-state index in [9.17, 15) is 0 Å². The second-order valence-corrected chi connectivity index (χ2v) is 4.48. The number of anilines is 1. The Morgan fingerprint density at radius 2 is 2.11 bits per heavy atom. The quantitative estimate of drug-likeness (QED) is 0.863. The molecule has 0 amide bonds. The van der Waals surface area contributed by atoms with E-state index in [0.717, 1.165) is 48.7 Å². The summed E-state index contributed by atoms with van der Waals surface area (Å²) >= 11 is 0. The van der Waals surface area contributed by atoms with Crippen LogP contribution in [0.25, 0.3) is 0 Å². The van der Waals surface area contributed by atoms with Crippen molar-refractivity contribution in [3.8, 4) is 0 Å². The third-order valence-corrected chi connectivity index (χ3v) is 2.77. The zero-order valence-corrected chi connectivity index (χ0v) is 11.6. The molecule has 0 aliphatic rings. The molecular weight excluding hydrogens is 236 g/mol. The standard InChI is InChI=1S/C15H20N4/c1-3-6-13-10-14(17-4-2)19-15(18-13)9-12-7-5-8-16-11-12/h5,7-8,10-11H,3-4,6,9H2,1-2H3,(H,17,18,19). The molecule has 0 unspecified atom stereocenters. The Hall–Kier alpha value is -1.97. The largest absolute Gasteiger partial charge is 0.370 e. The van der Waals surface area contributed by atoms with Crippen LogP contribution in [-0.4, -0.2) is 21.5 Å². The number of nitrogens with zero attached hydrogens (tertiary/aromatic N) is 3. The monoisotopic (exact) mass is 256 g/mol. The molecule has 0 aromatic carbocycles. The molecule has 2 heterocycles. The SMILES string of the molecule is CCCc1cc(NCC)nc(Cc2cccnc2)n1. The molecule has 1 N–H and O–H groups in total. The Labute approximate surface area is 114 Å². The van der Waals surface area contributed by atoms with E-state index < -0.39 is 0 Å². The van der Waals surface area contributed by atoms with Gasteiger partial charge in [0.15, 0.2) is 0 Å². The maximum Gasteiger partial charge on any atom is 0.135 e. The van der Waals surface area contributed by atoms with Gasteiger partial charge in [0.25, 0.3) is 0 Å². The van der Waals surface area contributed by atoms with Crippen LogP contribution >= 0.6 is 0 Å². The van der Waals surface area contributed by atoms with Crippen LogP contribution in [0.15, 0.2) is 30.6 Å². The van der Waals surface area contributed by atoms with E-state index in [1.165, 1.54) is 0 Å². The van der Waals surface area contributed by atoms with Crippen molar-refractivity contribution in [1.82, 2.24) is 15.0 Å². The van der Waals surface area contributed by atoms with Crippen molar-refractivity contribution in [2.75, 3.05) is 11.9 Å². The second-order valence-electron chi connectivity index (χ2n) is 4.48. The molecule has 4 nitrogen and oxygen atoms in total. The molecule has 0 atom stereocenters. The number of aryl methyl sites for hydroxylation is 1. The molecule has 2 rings (SSSR count). The van der Waals surface area contributed by atoms with E-state index in [1.54, 1.807) is 6.20 Å². The molecule has 0 saturated heterocycles. The third kappa shape index (κ3) is 4.02. The van der Waals surface area contributed by atoms with Gasteiger partial charge in [-0.3, -0.25) is 4.98 Å². The van der Waals surface area contributed by atoms with E-state index in [2.05, 4.69) is 40.2 Å². The molecule has 2 aromatic heterocycles. The Kier molecular flexibility index (Phi) is 4.84. The van der Waals surface area contributed by atoms with Gasteiger partial charge in [0.05, 0.1) is 0 Å². The highest BCUT2D eigenvalue weighted by Crippen LogP contribution is 2.11. The lowest BCUT2D eigenvalue weighted by Crippen LogP contribution is -2.06. The molecule has 0 saturated carbocycles. The predicted octanol–water partition coefficient (Wildman–Crippen LogP) is 2.85. The summed E-state index contributed by atoms with van der Waals surface area (Å²) in [6.07, 6.45) is 6.45. The van der Waals surface area contributed by atoms with Crippen molar-refractivity contribution in [2.24, 2.45) is 0 Å². The van der Waals surface area contributed by atoms with Crippen LogP contribution < -0.4 is 5.32 Å². The highest BCUT2D eigenvalue weighted by Gasteiger charge is 2.05. The van der Waals surface area contributed by atoms with Crippen molar-refractivity contribution in [3.63, 3.8) is 0 Å². The minimum Gasteiger partial charge on any atom is -0.370 e. The first-order valence-electron chi connectivity index (χ1n) is 6.81. The molecule has 0 bridgehead atoms. The molecule has 0 spiro atoms. The predicted molar refractivity (Wildman–Crippen MR) is 77.2 cm³/mol. The van der Waals surface area contributed by atoms with Gasteiger partial charge in [-0.2, -0.15) is 0 Å². The summed E-state index contributed by atoms with van der Waals surface area (Å²) in [5.74, 6) is 1.77. The summed E-state index contributed by atoms with van der Waals surface area (Å²) in [6, 6.07) is 6.03. The molecule has 0 aliphatic heterocycles. The van der Waals surface area contributed by atoms with E-state index in [1.807, 2.05) is 18.3 Å². The van der Waals surface area contributed by atoms with Crippen LogP contribution in [0.5, 0.6) is 0 Å². The van der Waals surface area contributed by atoms with Crippen molar-refractivity contribution >= 4 is 5.82 Å². The summed E-state index contributed by atoms with van der Waals surface area (Å²) in [6.45, 7) is 5.10. The first-order valence-corrected chi connectivity index (χ1v) is 6.81. The van der Waals surface area contributed by atoms with E-state index >= 15 is 0 Å². The summed E-state index contributed by atoms with van der Waals surface area (Å²) in [4.78, 5) is 13.3. The van der Waals surface area contributed by atoms with Gasteiger partial charge in [-0.25, -0.2) is 9.97 Å². The number of aromatic nitrogens is 3. The zero-order chi connectivity index (χ0) is 13.5. The van der Waals surface area contributed by atoms with Crippen molar-refractivity contribution in [2.45, 2.75) is 33.1 Å². The fourth-order valence-electron chi connectivity index (χ4n) is 1.97. The van der Waals surface area contributed by atoms with Gasteiger partial charge in [0.2, 0.25) is 0 Å². The van der Waals surface area contributed by atoms with E-state index in [-0.39, 0.29) is 0 Å². The third-order valence-electron chi connectivity index (χ3n) is 2.77. The molecule has 0 aliphatic carbocycles. The second kappa shape index (κ2) is 6.83. The van der Waals surface area contributed by atoms with Gasteiger partial charge in [-0.15, -0.1) is 0 Å². The fourth-order valence-corrected chi connectivity index (χ4v) is 1.97. The molecule has 0 radical (unpaired) electrons. The topological polar surface area (TPSA) is 50.7 Å². The van der Waals surface area contributed by atoms with Crippen LogP contribution in [0.2, 0.25) is 0 Å². The van der Waals surface area contributed by atoms with Crippen LogP contribution in [0, 0.1) is 0 Å². The molecular formula is C15H20N4. The minimum absolute atomic E-state index is 0.726. The number of hydrogen-bond acceptors (Lipinski definition) is 4. The lowest BCUT2D eigenvalue weighted by atomic mass is 10.2. The average molecular weight is 256 g/mol. The highest BCUT2D eigenvalue weighted by molar-refractivity contribution is 5.36. The van der Waals surface area contributed by atoms with E-state index in [0.29, 0.717) is 0 Å². The summed E-state index contributed by atoms with van der Waals surface area (Å²) in [5.41, 5.74) is 2.24.